The summed E-state index contributed by atoms with van der Waals surface area (Å²) in [6.07, 6.45) is 25.5. The highest BCUT2D eigenvalue weighted by Crippen LogP contribution is 2.14. The molecule has 0 N–H and O–H groups in total. The molecule has 0 heterocycles. The highest BCUT2D eigenvalue weighted by molar-refractivity contribution is 5.67. The average Bonchev–Trinajstić information content (AvgIpc) is 2.92. The summed E-state index contributed by atoms with van der Waals surface area (Å²) in [5.41, 5.74) is 8.97. The van der Waals surface area contributed by atoms with Crippen LogP contribution in [-0.4, -0.2) is 37.2 Å². The van der Waals surface area contributed by atoms with E-state index in [9.17, 15) is 14.4 Å². The van der Waals surface area contributed by atoms with E-state index in [0.717, 1.165) is 0 Å². The molecule has 0 aromatic carbocycles. The second-order valence-electron chi connectivity index (χ2n) is 12.3. The minimum Gasteiger partial charge on any atom is -0.462 e. The Labute approximate surface area is 275 Å². The quantitative estimate of drug-likeness (QED) is 0.0578. The number of unbranched alkanes of at least 4 members (excludes halogenated alkanes) is 1. The highest BCUT2D eigenvalue weighted by Gasteiger charge is 2.15. The molecule has 256 valence electrons. The van der Waals surface area contributed by atoms with Crippen molar-refractivity contribution >= 4 is 17.9 Å². The average molecular weight is 629 g/mol. The summed E-state index contributed by atoms with van der Waals surface area (Å²) in [6.45, 7) is 21.2. The molecular formula is C39H64O6. The number of rotatable bonds is 20. The normalized spacial score (nSPS) is 12.2. The van der Waals surface area contributed by atoms with Gasteiger partial charge in [0.1, 0.15) is 13.2 Å². The minimum atomic E-state index is -0.754. The molecule has 45 heavy (non-hydrogen) atoms. The molecule has 0 aromatic rings. The van der Waals surface area contributed by atoms with Crippen molar-refractivity contribution in [2.75, 3.05) is 13.2 Å². The Morgan fingerprint density at radius 2 is 0.711 bits per heavy atom. The van der Waals surface area contributed by atoms with Crippen LogP contribution in [-0.2, 0) is 28.6 Å². The number of hydrogen-bond donors (Lipinski definition) is 0. The predicted molar refractivity (Wildman–Crippen MR) is 189 cm³/mol. The van der Waals surface area contributed by atoms with Crippen molar-refractivity contribution in [2.45, 2.75) is 146 Å². The van der Waals surface area contributed by atoms with Crippen LogP contribution in [0.1, 0.15) is 140 Å². The summed E-state index contributed by atoms with van der Waals surface area (Å²) < 4.78 is 14.0. The molecule has 6 nitrogen and oxygen atoms in total. The first-order chi connectivity index (χ1) is 21.1. The molecule has 0 aliphatic heterocycles. The smallest absolute Gasteiger partial charge is 0.303 e. The molecule has 0 atom stereocenters. The monoisotopic (exact) mass is 628 g/mol. The van der Waals surface area contributed by atoms with Gasteiger partial charge in [0, 0.05) is 20.8 Å². The van der Waals surface area contributed by atoms with Crippen LogP contribution in [0, 0.1) is 0 Å². The molecule has 0 aliphatic rings. The van der Waals surface area contributed by atoms with Gasteiger partial charge >= 0.3 is 17.9 Å². The van der Waals surface area contributed by atoms with Crippen molar-refractivity contribution in [3.05, 3.63) is 69.9 Å². The van der Waals surface area contributed by atoms with Gasteiger partial charge in [-0.05, 0) is 120 Å². The van der Waals surface area contributed by atoms with Gasteiger partial charge in [0.05, 0.1) is 0 Å². The van der Waals surface area contributed by atoms with Crippen molar-refractivity contribution in [3.8, 4) is 0 Å². The van der Waals surface area contributed by atoms with E-state index in [1.807, 2.05) is 0 Å². The zero-order chi connectivity index (χ0) is 34.6. The van der Waals surface area contributed by atoms with Crippen molar-refractivity contribution in [2.24, 2.45) is 0 Å². The first-order valence-corrected chi connectivity index (χ1v) is 16.5. The maximum Gasteiger partial charge on any atom is 0.303 e. The maximum absolute atomic E-state index is 10.6. The Morgan fingerprint density at radius 3 is 0.978 bits per heavy atom. The largest absolute Gasteiger partial charge is 0.462 e. The van der Waals surface area contributed by atoms with Gasteiger partial charge in [-0.15, -0.1) is 0 Å². The fourth-order valence-electron chi connectivity index (χ4n) is 4.11. The van der Waals surface area contributed by atoms with Gasteiger partial charge in [-0.2, -0.15) is 0 Å². The van der Waals surface area contributed by atoms with E-state index in [1.54, 1.807) is 0 Å². The molecule has 0 aromatic heterocycles. The summed E-state index contributed by atoms with van der Waals surface area (Å²) in [5, 5.41) is 0. The molecule has 0 fully saturated rings. The van der Waals surface area contributed by atoms with Crippen LogP contribution in [0.15, 0.2) is 69.9 Å². The van der Waals surface area contributed by atoms with E-state index in [4.69, 9.17) is 4.74 Å². The lowest BCUT2D eigenvalue weighted by atomic mass is 10.0. The Bertz CT molecular complexity index is 967. The maximum atomic E-state index is 10.6. The topological polar surface area (TPSA) is 78.9 Å². The van der Waals surface area contributed by atoms with E-state index in [1.165, 1.54) is 118 Å². The molecule has 0 bridgehead atoms. The first kappa shape index (κ1) is 44.0. The van der Waals surface area contributed by atoms with Gasteiger partial charge in [0.2, 0.25) is 0 Å². The number of carbonyl (C=O) groups excluding carboxylic acids is 3. The molecular weight excluding hydrogens is 564 g/mol. The standard InChI is InChI=1S/C30H50.C9H14O6/c1-25(2)15-11-19-29(7)23-13-21-27(5)17-9-10-18-28(6)22-14-24-30(8)20-12-16-26(3)4;1-6(10)13-4-9(15-8(3)12)5-14-7(2)11/h15-18,23-24H,9-14,19-22H2,1-8H3;9H,4-5H2,1-3H3/b27-17+,28-18+,29-23+,30-24+;. The predicted octanol–water partition coefficient (Wildman–Crippen LogP) is 10.6. The zero-order valence-corrected chi connectivity index (χ0v) is 30.5. The Kier molecular flexibility index (Phi) is 27.7. The summed E-state index contributed by atoms with van der Waals surface area (Å²) >= 11 is 0. The van der Waals surface area contributed by atoms with E-state index >= 15 is 0 Å². The van der Waals surface area contributed by atoms with Crippen molar-refractivity contribution in [3.63, 3.8) is 0 Å². The third-order valence-corrected chi connectivity index (χ3v) is 6.68. The number of carbonyl (C=O) groups is 3. The minimum absolute atomic E-state index is 0.123. The van der Waals surface area contributed by atoms with Crippen LogP contribution in [0.2, 0.25) is 0 Å². The summed E-state index contributed by atoms with van der Waals surface area (Å²) in [4.78, 5) is 31.6. The number of ether oxygens (including phenoxy) is 3. The SMILES string of the molecule is CC(=O)OCC(COC(C)=O)OC(C)=O.CC(C)=CCC/C(C)=C/CC/C(C)=C/CC/C=C(\C)CC/C=C(\C)CCC=C(C)C. The van der Waals surface area contributed by atoms with Crippen molar-refractivity contribution in [1.29, 1.82) is 0 Å². The van der Waals surface area contributed by atoms with E-state index in [-0.39, 0.29) is 13.2 Å². The molecule has 0 saturated carbocycles. The molecule has 0 aliphatic carbocycles. The lowest BCUT2D eigenvalue weighted by Crippen LogP contribution is -2.29. The van der Waals surface area contributed by atoms with Crippen LogP contribution in [0.4, 0.5) is 0 Å². The van der Waals surface area contributed by atoms with Crippen molar-refractivity contribution < 1.29 is 28.6 Å². The molecule has 0 rings (SSSR count). The molecule has 0 radical (unpaired) electrons. The van der Waals surface area contributed by atoms with E-state index in [0.29, 0.717) is 0 Å². The van der Waals surface area contributed by atoms with Gasteiger partial charge < -0.3 is 14.2 Å². The Hall–Kier alpha value is -3.15. The number of allylic oxidation sites excluding steroid dienone is 12. The van der Waals surface area contributed by atoms with E-state index in [2.05, 4.69) is 101 Å². The van der Waals surface area contributed by atoms with Gasteiger partial charge in [-0.25, -0.2) is 0 Å². The molecule has 0 saturated heterocycles. The molecule has 6 heteroatoms. The van der Waals surface area contributed by atoms with Gasteiger partial charge in [-0.1, -0.05) is 69.9 Å². The molecule has 0 amide bonds. The Balaban J connectivity index is 0. The zero-order valence-electron chi connectivity index (χ0n) is 30.5. The fraction of sp³-hybridized carbons (Fsp3) is 0.615. The first-order valence-electron chi connectivity index (χ1n) is 16.5. The van der Waals surface area contributed by atoms with Crippen LogP contribution >= 0.6 is 0 Å². The van der Waals surface area contributed by atoms with Crippen LogP contribution in [0.3, 0.4) is 0 Å². The fourth-order valence-corrected chi connectivity index (χ4v) is 4.11. The second kappa shape index (κ2) is 28.3. The van der Waals surface area contributed by atoms with E-state index < -0.39 is 24.0 Å². The van der Waals surface area contributed by atoms with Crippen LogP contribution < -0.4 is 0 Å². The Morgan fingerprint density at radius 1 is 0.422 bits per heavy atom. The van der Waals surface area contributed by atoms with Crippen molar-refractivity contribution in [1.82, 2.24) is 0 Å². The molecule has 0 spiro atoms. The summed E-state index contributed by atoms with van der Waals surface area (Å²) in [5.74, 6) is -1.51. The molecule has 0 unspecified atom stereocenters. The van der Waals surface area contributed by atoms with Gasteiger partial charge in [0.15, 0.2) is 6.10 Å². The second-order valence-corrected chi connectivity index (χ2v) is 12.3. The van der Waals surface area contributed by atoms with Gasteiger partial charge in [-0.3, -0.25) is 14.4 Å². The number of esters is 3. The summed E-state index contributed by atoms with van der Waals surface area (Å²) in [7, 11) is 0. The third-order valence-electron chi connectivity index (χ3n) is 6.68. The number of hydrogen-bond acceptors (Lipinski definition) is 6. The van der Waals surface area contributed by atoms with Crippen LogP contribution in [0.5, 0.6) is 0 Å². The lowest BCUT2D eigenvalue weighted by molar-refractivity contribution is -0.163. The van der Waals surface area contributed by atoms with Gasteiger partial charge in [0.25, 0.3) is 0 Å². The third kappa shape index (κ3) is 35.2. The lowest BCUT2D eigenvalue weighted by Gasteiger charge is -2.15. The highest BCUT2D eigenvalue weighted by atomic mass is 16.6. The summed E-state index contributed by atoms with van der Waals surface area (Å²) in [6, 6.07) is 0. The van der Waals surface area contributed by atoms with Crippen LogP contribution in [0.25, 0.3) is 0 Å².